The zero-order valence-electron chi connectivity index (χ0n) is 34.0. The largest absolute Gasteiger partial charge is 0.305 e. The van der Waals surface area contributed by atoms with Crippen LogP contribution in [-0.2, 0) is 0 Å². The number of hydrogen-bond donors (Lipinski definition) is 1. The zero-order chi connectivity index (χ0) is 35.1. The molecule has 1 nitrogen and oxygen atoms in total. The fourth-order valence-corrected chi connectivity index (χ4v) is 17.3. The van der Waals surface area contributed by atoms with E-state index in [1.807, 2.05) is 5.57 Å². The third kappa shape index (κ3) is 5.74. The van der Waals surface area contributed by atoms with E-state index in [-0.39, 0.29) is 0 Å². The Morgan fingerprint density at radius 2 is 1.54 bits per heavy atom. The normalized spacial score (nSPS) is 47.1. The lowest BCUT2D eigenvalue weighted by Crippen LogP contribution is -2.60. The van der Waals surface area contributed by atoms with E-state index >= 15 is 0 Å². The van der Waals surface area contributed by atoms with Crippen molar-refractivity contribution in [3.05, 3.63) is 47.1 Å². The molecule has 12 atom stereocenters. The zero-order valence-corrected chi connectivity index (χ0v) is 34.0. The topological polar surface area (TPSA) is 12.0 Å². The van der Waals surface area contributed by atoms with Crippen molar-refractivity contribution in [2.45, 2.75) is 193 Å². The van der Waals surface area contributed by atoms with Gasteiger partial charge in [0.05, 0.1) is 0 Å². The second-order valence-corrected chi connectivity index (χ2v) is 22.1. The smallest absolute Gasteiger partial charge is 0.0287 e. The monoisotopic (exact) mass is 704 g/mol. The average molecular weight is 704 g/mol. The van der Waals surface area contributed by atoms with Crippen molar-refractivity contribution in [1.82, 2.24) is 5.32 Å². The van der Waals surface area contributed by atoms with Gasteiger partial charge < -0.3 is 5.32 Å². The van der Waals surface area contributed by atoms with Crippen LogP contribution < -0.4 is 5.32 Å². The Morgan fingerprint density at radius 1 is 0.712 bits per heavy atom. The van der Waals surface area contributed by atoms with Crippen molar-refractivity contribution in [1.29, 1.82) is 0 Å². The molecular formula is C51H77N. The van der Waals surface area contributed by atoms with Gasteiger partial charge in [0.1, 0.15) is 0 Å². The highest BCUT2D eigenvalue weighted by Gasteiger charge is 2.67. The number of rotatable bonds is 4. The number of fused-ring (bicyclic) bond motifs is 9. The summed E-state index contributed by atoms with van der Waals surface area (Å²) in [5, 5.41) is 4.43. The van der Waals surface area contributed by atoms with Crippen LogP contribution in [0.1, 0.15) is 181 Å². The van der Waals surface area contributed by atoms with Gasteiger partial charge in [0, 0.05) is 11.6 Å². The summed E-state index contributed by atoms with van der Waals surface area (Å²) in [6, 6.07) is 0.648. The van der Waals surface area contributed by atoms with Gasteiger partial charge in [0.25, 0.3) is 0 Å². The summed E-state index contributed by atoms with van der Waals surface area (Å²) in [4.78, 5) is 0. The van der Waals surface area contributed by atoms with Crippen molar-refractivity contribution in [3.8, 4) is 0 Å². The quantitative estimate of drug-likeness (QED) is 0.287. The lowest BCUT2D eigenvalue weighted by atomic mass is 9.54. The first-order valence-corrected chi connectivity index (χ1v) is 23.9. The van der Waals surface area contributed by atoms with Gasteiger partial charge in [-0.25, -0.2) is 0 Å². The molecule has 0 aromatic heterocycles. The van der Waals surface area contributed by atoms with E-state index in [1.165, 1.54) is 161 Å². The van der Waals surface area contributed by atoms with E-state index in [2.05, 4.69) is 56.5 Å². The van der Waals surface area contributed by atoms with Crippen molar-refractivity contribution < 1.29 is 0 Å². The van der Waals surface area contributed by atoms with Crippen molar-refractivity contribution >= 4 is 0 Å². The summed E-state index contributed by atoms with van der Waals surface area (Å²) in [5.74, 6) is 9.82. The van der Waals surface area contributed by atoms with Crippen molar-refractivity contribution in [2.24, 2.45) is 75.9 Å². The molecule has 1 heterocycles. The van der Waals surface area contributed by atoms with Crippen molar-refractivity contribution in [2.75, 3.05) is 0 Å². The summed E-state index contributed by atoms with van der Waals surface area (Å²) < 4.78 is 0. The minimum atomic E-state index is 0.335. The highest BCUT2D eigenvalue weighted by molar-refractivity contribution is 5.37. The van der Waals surface area contributed by atoms with Crippen LogP contribution in [0.15, 0.2) is 47.1 Å². The fraction of sp³-hybridized carbons (Fsp3) is 0.843. The lowest BCUT2D eigenvalue weighted by Gasteiger charge is -2.52. The summed E-state index contributed by atoms with van der Waals surface area (Å²) in [5.41, 5.74) is 6.96. The average Bonchev–Trinajstić information content (AvgIpc) is 3.59. The maximum atomic E-state index is 4.43. The number of piperidine rings is 1. The maximum Gasteiger partial charge on any atom is 0.0287 e. The molecule has 0 radical (unpaired) electrons. The Bertz CT molecular complexity index is 1440. The van der Waals surface area contributed by atoms with E-state index < -0.39 is 0 Å². The van der Waals surface area contributed by atoms with E-state index in [0.717, 1.165) is 65.1 Å². The molecule has 9 aliphatic carbocycles. The molecule has 1 saturated heterocycles. The molecule has 6 saturated carbocycles. The van der Waals surface area contributed by atoms with Gasteiger partial charge in [-0.2, -0.15) is 0 Å². The number of hydrogen-bond acceptors (Lipinski definition) is 1. The molecule has 286 valence electrons. The Morgan fingerprint density at radius 3 is 2.37 bits per heavy atom. The van der Waals surface area contributed by atoms with Crippen LogP contribution in [-0.4, -0.2) is 11.6 Å². The molecule has 1 spiro atoms. The van der Waals surface area contributed by atoms with E-state index in [4.69, 9.17) is 0 Å². The predicted octanol–water partition coefficient (Wildman–Crippen LogP) is 13.7. The third-order valence-corrected chi connectivity index (χ3v) is 19.5. The van der Waals surface area contributed by atoms with Crippen LogP contribution in [0.4, 0.5) is 0 Å². The lowest BCUT2D eigenvalue weighted by molar-refractivity contribution is -0.00708. The van der Waals surface area contributed by atoms with Gasteiger partial charge >= 0.3 is 0 Å². The molecule has 1 heteroatoms. The minimum Gasteiger partial charge on any atom is -0.305 e. The van der Waals surface area contributed by atoms with Gasteiger partial charge in [-0.15, -0.1) is 0 Å². The molecule has 10 aliphatic rings. The SMILES string of the molecule is CC1(C2CCCCC2)CC(C2CCCC(C3=CC4C(C=C3)C3C5C(CCC3C4(C)C)C3CCCC=C3C53CCCCC3)C2)CC(C2=CCCCC2)N1. The molecule has 0 bridgehead atoms. The molecule has 0 amide bonds. The molecule has 12 unspecified atom stereocenters. The van der Waals surface area contributed by atoms with E-state index in [0.29, 0.717) is 22.4 Å². The predicted molar refractivity (Wildman–Crippen MR) is 219 cm³/mol. The molecule has 1 aliphatic heterocycles. The van der Waals surface area contributed by atoms with Gasteiger partial charge in [0.2, 0.25) is 0 Å². The van der Waals surface area contributed by atoms with Crippen molar-refractivity contribution in [3.63, 3.8) is 0 Å². The summed E-state index contributed by atoms with van der Waals surface area (Å²) in [7, 11) is 0. The van der Waals surface area contributed by atoms with Crippen LogP contribution in [0.25, 0.3) is 0 Å². The third-order valence-electron chi connectivity index (χ3n) is 19.5. The first-order chi connectivity index (χ1) is 25.4. The summed E-state index contributed by atoms with van der Waals surface area (Å²) in [6.07, 6.45) is 50.7. The highest BCUT2D eigenvalue weighted by Crippen LogP contribution is 2.74. The van der Waals surface area contributed by atoms with Crippen LogP contribution in [0.5, 0.6) is 0 Å². The highest BCUT2D eigenvalue weighted by atomic mass is 15.0. The summed E-state index contributed by atoms with van der Waals surface area (Å²) in [6.45, 7) is 8.20. The molecule has 52 heavy (non-hydrogen) atoms. The van der Waals surface area contributed by atoms with Crippen LogP contribution in [0.3, 0.4) is 0 Å². The Labute approximate surface area is 320 Å². The van der Waals surface area contributed by atoms with E-state index in [1.54, 1.807) is 11.1 Å². The van der Waals surface area contributed by atoms with E-state index in [9.17, 15) is 0 Å². The number of nitrogens with one attached hydrogen (secondary N) is 1. The Hall–Kier alpha value is -1.08. The molecular weight excluding hydrogens is 627 g/mol. The molecule has 7 fully saturated rings. The Balaban J connectivity index is 0.908. The fourth-order valence-electron chi connectivity index (χ4n) is 17.3. The standard InChI is InChI=1S/C51H77N/c1-49(2)44-27-26-41-40-22-11-12-23-43(40)51(28-13-6-14-29-51)48(41)47(44)42-25-24-37(31-45(42)49)35-18-15-19-36(30-35)38-32-46(34-16-7-4-8-17-34)52-50(3,33-38)39-20-9-5-10-21-39/h16,23-25,31,35-36,38-42,44-48,52H,4-15,17-22,26-30,32-33H2,1-3H3. The minimum absolute atomic E-state index is 0.335. The van der Waals surface area contributed by atoms with Gasteiger partial charge in [-0.1, -0.05) is 107 Å². The van der Waals surface area contributed by atoms with Crippen LogP contribution >= 0.6 is 0 Å². The molecule has 1 N–H and O–H groups in total. The van der Waals surface area contributed by atoms with Gasteiger partial charge in [-0.3, -0.25) is 0 Å². The van der Waals surface area contributed by atoms with Crippen LogP contribution in [0, 0.1) is 75.9 Å². The van der Waals surface area contributed by atoms with Gasteiger partial charge in [-0.05, 0) is 198 Å². The number of allylic oxidation sites excluding steroid dienone is 7. The first kappa shape index (κ1) is 35.3. The van der Waals surface area contributed by atoms with Gasteiger partial charge in [0.15, 0.2) is 0 Å². The summed E-state index contributed by atoms with van der Waals surface area (Å²) >= 11 is 0. The molecule has 10 rings (SSSR count). The Kier molecular flexibility index (Phi) is 9.40. The molecule has 0 aromatic carbocycles. The molecule has 0 aromatic rings. The second kappa shape index (κ2) is 13.8. The second-order valence-electron chi connectivity index (χ2n) is 22.1. The van der Waals surface area contributed by atoms with Crippen LogP contribution in [0.2, 0.25) is 0 Å². The maximum absolute atomic E-state index is 4.43. The first-order valence-electron chi connectivity index (χ1n) is 23.9.